The van der Waals surface area contributed by atoms with Crippen molar-refractivity contribution in [3.63, 3.8) is 0 Å². The molecular formula is C31H30N4O. The molecule has 36 heavy (non-hydrogen) atoms. The van der Waals surface area contributed by atoms with Crippen LogP contribution in [0.5, 0.6) is 5.75 Å². The van der Waals surface area contributed by atoms with Gasteiger partial charge in [0.15, 0.2) is 0 Å². The van der Waals surface area contributed by atoms with E-state index in [1.807, 2.05) is 6.20 Å². The number of H-pyrrole nitrogens is 2. The second-order valence-corrected chi connectivity index (χ2v) is 9.40. The lowest BCUT2D eigenvalue weighted by Gasteiger charge is -2.22. The summed E-state index contributed by atoms with van der Waals surface area (Å²) in [5.74, 6) is 2.81. The van der Waals surface area contributed by atoms with Crippen molar-refractivity contribution in [3.05, 3.63) is 84.1 Å². The summed E-state index contributed by atoms with van der Waals surface area (Å²) < 4.78 is 6.25. The van der Waals surface area contributed by atoms with Crippen molar-refractivity contribution in [1.29, 1.82) is 0 Å². The molecule has 0 fully saturated rings. The van der Waals surface area contributed by atoms with E-state index in [4.69, 9.17) is 9.72 Å². The number of allylic oxidation sites excluding steroid dienone is 4. The Morgan fingerprint density at radius 3 is 2.78 bits per heavy atom. The SMILES string of the molecule is CCC=CCc1nc2c(ccc3cc4c(cc32)COc2cc(-c3cnc(C(C)=CCC)[nH]3)ccc2-4)[nH]1. The van der Waals surface area contributed by atoms with Crippen molar-refractivity contribution in [2.24, 2.45) is 0 Å². The molecule has 5 heteroatoms. The molecule has 1 aliphatic rings. The zero-order valence-electron chi connectivity index (χ0n) is 21.0. The maximum absolute atomic E-state index is 6.25. The van der Waals surface area contributed by atoms with Gasteiger partial charge in [0, 0.05) is 22.9 Å². The maximum Gasteiger partial charge on any atom is 0.133 e. The topological polar surface area (TPSA) is 66.6 Å². The highest BCUT2D eigenvalue weighted by Crippen LogP contribution is 2.42. The van der Waals surface area contributed by atoms with Gasteiger partial charge in [-0.1, -0.05) is 44.2 Å². The fourth-order valence-electron chi connectivity index (χ4n) is 5.03. The van der Waals surface area contributed by atoms with Gasteiger partial charge < -0.3 is 14.7 Å². The van der Waals surface area contributed by atoms with Crippen LogP contribution in [0.25, 0.3) is 49.8 Å². The third-order valence-corrected chi connectivity index (χ3v) is 6.88. The number of imidazole rings is 2. The fraction of sp³-hybridized carbons (Fsp3) is 0.226. The molecule has 2 N–H and O–H groups in total. The third-order valence-electron chi connectivity index (χ3n) is 6.88. The van der Waals surface area contributed by atoms with Crippen molar-refractivity contribution in [3.8, 4) is 28.1 Å². The van der Waals surface area contributed by atoms with E-state index in [0.29, 0.717) is 6.61 Å². The first-order valence-electron chi connectivity index (χ1n) is 12.7. The molecule has 0 unspecified atom stereocenters. The van der Waals surface area contributed by atoms with E-state index in [-0.39, 0.29) is 0 Å². The molecule has 1 aliphatic heterocycles. The molecule has 0 aliphatic carbocycles. The molecule has 5 aromatic rings. The molecule has 0 bridgehead atoms. The van der Waals surface area contributed by atoms with Gasteiger partial charge in [0.05, 0.1) is 22.9 Å². The minimum absolute atomic E-state index is 0.543. The van der Waals surface area contributed by atoms with E-state index >= 15 is 0 Å². The number of nitrogens with zero attached hydrogens (tertiary/aromatic N) is 2. The van der Waals surface area contributed by atoms with Gasteiger partial charge in [-0.3, -0.25) is 0 Å². The van der Waals surface area contributed by atoms with Crippen LogP contribution in [-0.2, 0) is 13.0 Å². The molecule has 180 valence electrons. The predicted octanol–water partition coefficient (Wildman–Crippen LogP) is 7.99. The summed E-state index contributed by atoms with van der Waals surface area (Å²) in [5, 5.41) is 2.36. The standard InChI is InChI=1S/C31H30N4O/c1-4-6-7-9-29-33-26-13-11-20-14-24-22(15-25(20)30(26)35-29)18-36-28-16-21(10-12-23(24)28)27-17-32-31(34-27)19(3)8-5-2/h6-8,10-17H,4-5,9,18H2,1-3H3,(H,32,34)(H,33,35). The lowest BCUT2D eigenvalue weighted by Crippen LogP contribution is -2.05. The van der Waals surface area contributed by atoms with E-state index in [9.17, 15) is 0 Å². The average Bonchev–Trinajstić information content (AvgIpc) is 3.55. The highest BCUT2D eigenvalue weighted by Gasteiger charge is 2.20. The zero-order chi connectivity index (χ0) is 24.6. The van der Waals surface area contributed by atoms with Crippen LogP contribution < -0.4 is 4.74 Å². The van der Waals surface area contributed by atoms with Gasteiger partial charge in [0.2, 0.25) is 0 Å². The number of hydrogen-bond donors (Lipinski definition) is 2. The summed E-state index contributed by atoms with van der Waals surface area (Å²) in [6.07, 6.45) is 11.3. The Labute approximate surface area is 211 Å². The van der Waals surface area contributed by atoms with Gasteiger partial charge >= 0.3 is 0 Å². The summed E-state index contributed by atoms with van der Waals surface area (Å²) in [5.41, 5.74) is 8.87. The maximum atomic E-state index is 6.25. The van der Waals surface area contributed by atoms with E-state index in [1.54, 1.807) is 0 Å². The van der Waals surface area contributed by atoms with Crippen molar-refractivity contribution in [2.45, 2.75) is 46.6 Å². The Bertz CT molecular complexity index is 1650. The Morgan fingerprint density at radius 2 is 1.92 bits per heavy atom. The number of rotatable bonds is 6. The number of aromatic amines is 2. The number of nitrogens with one attached hydrogen (secondary N) is 2. The molecule has 6 rings (SSSR count). The summed E-state index contributed by atoms with van der Waals surface area (Å²) >= 11 is 0. The normalized spacial score (nSPS) is 13.4. The van der Waals surface area contributed by atoms with Crippen molar-refractivity contribution < 1.29 is 4.74 Å². The molecular weight excluding hydrogens is 444 g/mol. The van der Waals surface area contributed by atoms with Crippen molar-refractivity contribution in [1.82, 2.24) is 19.9 Å². The van der Waals surface area contributed by atoms with Crippen LogP contribution in [0.4, 0.5) is 0 Å². The fourth-order valence-corrected chi connectivity index (χ4v) is 5.03. The zero-order valence-corrected chi connectivity index (χ0v) is 21.0. The molecule has 0 saturated carbocycles. The Hall–Kier alpha value is -4.12. The Balaban J connectivity index is 1.37. The van der Waals surface area contributed by atoms with E-state index in [2.05, 4.69) is 96.4 Å². The van der Waals surface area contributed by atoms with Crippen LogP contribution in [0, 0.1) is 0 Å². The lowest BCUT2D eigenvalue weighted by atomic mass is 9.92. The average molecular weight is 475 g/mol. The van der Waals surface area contributed by atoms with E-state index in [0.717, 1.165) is 75.5 Å². The summed E-state index contributed by atoms with van der Waals surface area (Å²) in [6.45, 7) is 6.91. The number of benzene rings is 3. The quantitative estimate of drug-likeness (QED) is 0.245. The number of ether oxygens (including phenoxy) is 1. The third kappa shape index (κ3) is 3.91. The van der Waals surface area contributed by atoms with Crippen LogP contribution in [-0.4, -0.2) is 19.9 Å². The summed E-state index contributed by atoms with van der Waals surface area (Å²) in [6, 6.07) is 15.3. The Kier molecular flexibility index (Phi) is 5.68. The first kappa shape index (κ1) is 22.4. The first-order valence-corrected chi connectivity index (χ1v) is 12.7. The number of hydrogen-bond acceptors (Lipinski definition) is 3. The van der Waals surface area contributed by atoms with Crippen molar-refractivity contribution >= 4 is 27.4 Å². The second-order valence-electron chi connectivity index (χ2n) is 9.40. The lowest BCUT2D eigenvalue weighted by molar-refractivity contribution is 0.302. The van der Waals surface area contributed by atoms with Crippen molar-refractivity contribution in [2.75, 3.05) is 0 Å². The van der Waals surface area contributed by atoms with Crippen LogP contribution in [0.3, 0.4) is 0 Å². The van der Waals surface area contributed by atoms with E-state index in [1.165, 1.54) is 16.5 Å². The molecule has 3 aromatic carbocycles. The second kappa shape index (κ2) is 9.15. The molecule has 5 nitrogen and oxygen atoms in total. The molecule has 0 saturated heterocycles. The van der Waals surface area contributed by atoms with Gasteiger partial charge in [0.25, 0.3) is 0 Å². The van der Waals surface area contributed by atoms with Crippen LogP contribution in [0.1, 0.15) is 50.8 Å². The summed E-state index contributed by atoms with van der Waals surface area (Å²) in [4.78, 5) is 16.4. The molecule has 0 spiro atoms. The van der Waals surface area contributed by atoms with Gasteiger partial charge in [-0.15, -0.1) is 0 Å². The van der Waals surface area contributed by atoms with Crippen LogP contribution >= 0.6 is 0 Å². The smallest absolute Gasteiger partial charge is 0.133 e. The van der Waals surface area contributed by atoms with Gasteiger partial charge in [-0.2, -0.15) is 0 Å². The highest BCUT2D eigenvalue weighted by molar-refractivity contribution is 6.06. The molecule has 2 aromatic heterocycles. The number of fused-ring (bicyclic) bond motifs is 6. The minimum atomic E-state index is 0.543. The monoisotopic (exact) mass is 474 g/mol. The van der Waals surface area contributed by atoms with Gasteiger partial charge in [-0.25, -0.2) is 9.97 Å². The van der Waals surface area contributed by atoms with Gasteiger partial charge in [-0.05, 0) is 72.2 Å². The van der Waals surface area contributed by atoms with Gasteiger partial charge in [0.1, 0.15) is 24.0 Å². The molecule has 0 atom stereocenters. The largest absolute Gasteiger partial charge is 0.488 e. The summed E-state index contributed by atoms with van der Waals surface area (Å²) in [7, 11) is 0. The Morgan fingerprint density at radius 1 is 1.00 bits per heavy atom. The van der Waals surface area contributed by atoms with Crippen LogP contribution in [0.15, 0.2) is 66.9 Å². The minimum Gasteiger partial charge on any atom is -0.488 e. The first-order chi connectivity index (χ1) is 17.6. The predicted molar refractivity (Wildman–Crippen MR) is 148 cm³/mol. The number of aromatic nitrogens is 4. The van der Waals surface area contributed by atoms with Crippen LogP contribution in [0.2, 0.25) is 0 Å². The molecule has 0 radical (unpaired) electrons. The highest BCUT2D eigenvalue weighted by atomic mass is 16.5. The molecule has 0 amide bonds. The van der Waals surface area contributed by atoms with E-state index < -0.39 is 0 Å². The molecule has 3 heterocycles.